The smallest absolute Gasteiger partial charge is 0.341 e. The van der Waals surface area contributed by atoms with Gasteiger partial charge in [-0.1, -0.05) is 0 Å². The Balaban J connectivity index is 1.56. The molecule has 0 aliphatic carbocycles. The Morgan fingerprint density at radius 2 is 2.00 bits per heavy atom. The van der Waals surface area contributed by atoms with Crippen LogP contribution >= 0.6 is 0 Å². The lowest BCUT2D eigenvalue weighted by Gasteiger charge is -2.26. The number of methoxy groups -OCH3 is 1. The van der Waals surface area contributed by atoms with Crippen molar-refractivity contribution in [2.75, 3.05) is 51.1 Å². The molecule has 0 amide bonds. The first kappa shape index (κ1) is 26.2. The van der Waals surface area contributed by atoms with Crippen molar-refractivity contribution in [2.24, 2.45) is 13.0 Å². The van der Waals surface area contributed by atoms with E-state index in [2.05, 4.69) is 32.1 Å². The molecule has 7 rings (SSSR count). The minimum atomic E-state index is -1.30. The number of ether oxygens (including phenoxy) is 1. The van der Waals surface area contributed by atoms with Crippen LogP contribution in [0.2, 0.25) is 0 Å². The number of carbonyl (C=O) groups is 1. The topological polar surface area (TPSA) is 129 Å². The fourth-order valence-corrected chi connectivity index (χ4v) is 6.91. The number of aromatic carboxylic acids is 1. The molecule has 42 heavy (non-hydrogen) atoms. The van der Waals surface area contributed by atoms with Crippen LogP contribution in [0.5, 0.6) is 5.75 Å². The molecule has 0 bridgehead atoms. The van der Waals surface area contributed by atoms with Gasteiger partial charge in [-0.25, -0.2) is 19.2 Å². The van der Waals surface area contributed by atoms with Crippen LogP contribution in [-0.4, -0.2) is 82.4 Å². The Morgan fingerprint density at radius 1 is 1.19 bits per heavy atom. The number of fused-ring (bicyclic) bond motifs is 5. The summed E-state index contributed by atoms with van der Waals surface area (Å²) < 4.78 is 22.5. The van der Waals surface area contributed by atoms with Crippen LogP contribution in [0, 0.1) is 11.7 Å². The first-order chi connectivity index (χ1) is 20.2. The van der Waals surface area contributed by atoms with E-state index < -0.39 is 17.2 Å². The lowest BCUT2D eigenvalue weighted by atomic mass is 10.0. The van der Waals surface area contributed by atoms with Crippen molar-refractivity contribution >= 4 is 50.3 Å². The van der Waals surface area contributed by atoms with E-state index in [0.29, 0.717) is 56.4 Å². The second-order valence-electron chi connectivity index (χ2n) is 11.2. The number of benzene rings is 1. The summed E-state index contributed by atoms with van der Waals surface area (Å²) in [6.07, 6.45) is 5.78. The summed E-state index contributed by atoms with van der Waals surface area (Å²) in [5.74, 6) is -1.21. The standard InChI is InChI=1S/C30H30FN7O4/c1-32-20-8-19(31)27(42-4)22-23-25(38-11-14-5-6-36(2)21(14)13-38)17(10-33-28(23)35-24(20)22)15-7-16-26(39)18(30(40)41)12-37(3)29(16)34-9-15/h7-10,12,14,21,32H,5-6,11,13H2,1-4H3,(H,33,35)(H,40,41)/t14-,21+/m0/s1. The molecule has 2 aliphatic heterocycles. The number of aromatic nitrogens is 4. The van der Waals surface area contributed by atoms with Crippen LogP contribution in [0.1, 0.15) is 16.8 Å². The van der Waals surface area contributed by atoms with Crippen LogP contribution in [-0.2, 0) is 7.05 Å². The third kappa shape index (κ3) is 3.67. The number of anilines is 2. The average molecular weight is 572 g/mol. The Hall–Kier alpha value is -4.71. The van der Waals surface area contributed by atoms with Crippen LogP contribution in [0.25, 0.3) is 44.1 Å². The first-order valence-electron chi connectivity index (χ1n) is 13.8. The van der Waals surface area contributed by atoms with Gasteiger partial charge in [-0.05, 0) is 32.0 Å². The SMILES string of the molecule is CNc1cc(F)c(OC)c2c1[nH]c1ncc(-c3cnc4c(c3)c(=O)c(C(=O)O)cn4C)c(N3C[C@@H]4CCN(C)[C@@H]4C3)c12. The molecular formula is C30H30FN7O4. The van der Waals surface area contributed by atoms with E-state index in [1.54, 1.807) is 32.6 Å². The first-order valence-corrected chi connectivity index (χ1v) is 13.8. The van der Waals surface area contributed by atoms with Crippen molar-refractivity contribution in [1.82, 2.24) is 24.4 Å². The molecule has 216 valence electrons. The predicted molar refractivity (Wildman–Crippen MR) is 159 cm³/mol. The molecule has 3 N–H and O–H groups in total. The Morgan fingerprint density at radius 3 is 2.71 bits per heavy atom. The number of aryl methyl sites for hydroxylation is 1. The quantitative estimate of drug-likeness (QED) is 0.290. The summed E-state index contributed by atoms with van der Waals surface area (Å²) in [4.78, 5) is 42.4. The van der Waals surface area contributed by atoms with Crippen molar-refractivity contribution in [1.29, 1.82) is 0 Å². The van der Waals surface area contributed by atoms with Gasteiger partial charge in [0, 0.05) is 69.0 Å². The highest BCUT2D eigenvalue weighted by Crippen LogP contribution is 2.47. The van der Waals surface area contributed by atoms with Crippen molar-refractivity contribution in [3.63, 3.8) is 0 Å². The molecule has 0 unspecified atom stereocenters. The molecule has 2 fully saturated rings. The zero-order valence-corrected chi connectivity index (χ0v) is 23.7. The molecule has 12 heteroatoms. The van der Waals surface area contributed by atoms with Gasteiger partial charge >= 0.3 is 5.97 Å². The van der Waals surface area contributed by atoms with Gasteiger partial charge in [0.15, 0.2) is 11.6 Å². The number of aromatic amines is 1. The highest BCUT2D eigenvalue weighted by Gasteiger charge is 2.41. The van der Waals surface area contributed by atoms with E-state index >= 15 is 4.39 Å². The summed E-state index contributed by atoms with van der Waals surface area (Å²) >= 11 is 0. The second-order valence-corrected chi connectivity index (χ2v) is 11.2. The van der Waals surface area contributed by atoms with Crippen LogP contribution in [0.4, 0.5) is 15.8 Å². The Bertz CT molecular complexity index is 2000. The van der Waals surface area contributed by atoms with Gasteiger partial charge in [-0.3, -0.25) is 4.79 Å². The van der Waals surface area contributed by atoms with E-state index in [1.165, 1.54) is 23.9 Å². The zero-order chi connectivity index (χ0) is 29.4. The Labute approximate surface area is 239 Å². The van der Waals surface area contributed by atoms with Gasteiger partial charge in [0.1, 0.15) is 16.9 Å². The maximum Gasteiger partial charge on any atom is 0.341 e. The van der Waals surface area contributed by atoms with Crippen LogP contribution in [0.15, 0.2) is 35.5 Å². The van der Waals surface area contributed by atoms with Gasteiger partial charge < -0.3 is 34.5 Å². The lowest BCUT2D eigenvalue weighted by molar-refractivity contribution is 0.0695. The molecule has 6 heterocycles. The molecule has 2 atom stereocenters. The highest BCUT2D eigenvalue weighted by atomic mass is 19.1. The molecule has 1 aromatic carbocycles. The maximum atomic E-state index is 15.4. The number of nitrogens with one attached hydrogen (secondary N) is 2. The number of rotatable bonds is 5. The molecule has 4 aromatic heterocycles. The molecule has 2 aliphatic rings. The number of nitrogens with zero attached hydrogens (tertiary/aromatic N) is 5. The van der Waals surface area contributed by atoms with Gasteiger partial charge in [0.05, 0.1) is 40.2 Å². The molecule has 0 radical (unpaired) electrons. The fraction of sp³-hybridized carbons (Fsp3) is 0.333. The predicted octanol–water partition coefficient (Wildman–Crippen LogP) is 3.66. The van der Waals surface area contributed by atoms with E-state index in [4.69, 9.17) is 9.72 Å². The molecular weight excluding hydrogens is 541 g/mol. The number of carboxylic acids is 1. The summed E-state index contributed by atoms with van der Waals surface area (Å²) in [5, 5.41) is 14.2. The summed E-state index contributed by atoms with van der Waals surface area (Å²) in [6.45, 7) is 2.61. The van der Waals surface area contributed by atoms with Gasteiger partial charge in [-0.15, -0.1) is 0 Å². The number of likely N-dealkylation sites (N-methyl/N-ethyl adjacent to an activating group) is 1. The number of likely N-dealkylation sites (tertiary alicyclic amines) is 1. The molecule has 2 saturated heterocycles. The van der Waals surface area contributed by atoms with Gasteiger partial charge in [-0.2, -0.15) is 0 Å². The van der Waals surface area contributed by atoms with Gasteiger partial charge in [0.25, 0.3) is 0 Å². The van der Waals surface area contributed by atoms with Gasteiger partial charge in [0.2, 0.25) is 5.43 Å². The number of halogens is 1. The minimum Gasteiger partial charge on any atom is -0.493 e. The number of hydrogen-bond donors (Lipinski definition) is 3. The number of hydrogen-bond acceptors (Lipinski definition) is 8. The molecule has 11 nitrogen and oxygen atoms in total. The van der Waals surface area contributed by atoms with E-state index in [9.17, 15) is 14.7 Å². The molecule has 0 saturated carbocycles. The largest absolute Gasteiger partial charge is 0.493 e. The number of pyridine rings is 3. The van der Waals surface area contributed by atoms with Crippen LogP contribution in [0.3, 0.4) is 0 Å². The second kappa shape index (κ2) is 9.41. The van der Waals surface area contributed by atoms with Crippen LogP contribution < -0.4 is 20.4 Å². The maximum absolute atomic E-state index is 15.4. The average Bonchev–Trinajstić information content (AvgIpc) is 3.68. The highest BCUT2D eigenvalue weighted by molar-refractivity contribution is 6.20. The summed E-state index contributed by atoms with van der Waals surface area (Å²) in [5.41, 5.74) is 3.41. The fourth-order valence-electron chi connectivity index (χ4n) is 6.91. The van der Waals surface area contributed by atoms with E-state index in [-0.39, 0.29) is 16.7 Å². The third-order valence-corrected chi connectivity index (χ3v) is 8.95. The summed E-state index contributed by atoms with van der Waals surface area (Å²) in [7, 11) is 6.98. The third-order valence-electron chi connectivity index (χ3n) is 8.95. The van der Waals surface area contributed by atoms with Crippen molar-refractivity contribution in [2.45, 2.75) is 12.5 Å². The van der Waals surface area contributed by atoms with E-state index in [1.807, 2.05) is 0 Å². The monoisotopic (exact) mass is 571 g/mol. The zero-order valence-electron chi connectivity index (χ0n) is 23.7. The summed E-state index contributed by atoms with van der Waals surface area (Å²) in [6, 6.07) is 3.45. The normalized spacial score (nSPS) is 18.8. The lowest BCUT2D eigenvalue weighted by Crippen LogP contribution is -2.32. The van der Waals surface area contributed by atoms with E-state index in [0.717, 1.165) is 31.7 Å². The number of carboxylic acid groups (broad SMARTS) is 1. The van der Waals surface area contributed by atoms with Crippen molar-refractivity contribution in [3.8, 4) is 16.9 Å². The Kier molecular flexibility index (Phi) is 5.87. The number of H-pyrrole nitrogens is 1. The van der Waals surface area contributed by atoms with Crippen molar-refractivity contribution < 1.29 is 19.0 Å². The minimum absolute atomic E-state index is 0.114. The molecule has 0 spiro atoms. The molecule has 5 aromatic rings. The van der Waals surface area contributed by atoms with Crippen molar-refractivity contribution in [3.05, 3.63) is 52.3 Å².